The van der Waals surface area contributed by atoms with E-state index < -0.39 is 20.8 Å². The molecule has 0 spiro atoms. The van der Waals surface area contributed by atoms with E-state index in [1.54, 1.807) is 0 Å². The summed E-state index contributed by atoms with van der Waals surface area (Å²) < 4.78 is 60.5. The van der Waals surface area contributed by atoms with Crippen LogP contribution in [0, 0.1) is 0 Å². The second kappa shape index (κ2) is 4.49. The maximum atomic E-state index is 12.5. The van der Waals surface area contributed by atoms with E-state index in [9.17, 15) is 21.6 Å². The summed E-state index contributed by atoms with van der Waals surface area (Å²) in [5.74, 6) is 0. The molecule has 0 N–H and O–H groups in total. The third-order valence-corrected chi connectivity index (χ3v) is 3.46. The van der Waals surface area contributed by atoms with Crippen molar-refractivity contribution < 1.29 is 21.6 Å². The predicted molar refractivity (Wildman–Crippen MR) is 59.4 cm³/mol. The highest BCUT2D eigenvalue weighted by Gasteiger charge is 2.31. The standard InChI is InChI=1S/C9H5ClF3N3O2S/c10-19(17,18)8-4-15-16(5-8)7-1-6(2-14-3-7)9(11,12)13/h1-5H. The normalized spacial score (nSPS) is 12.6. The van der Waals surface area contributed by atoms with E-state index >= 15 is 0 Å². The first-order valence-corrected chi connectivity index (χ1v) is 7.01. The fourth-order valence-corrected chi connectivity index (χ4v) is 1.92. The molecule has 0 aliphatic carbocycles. The molecule has 5 nitrogen and oxygen atoms in total. The molecule has 10 heteroatoms. The Hall–Kier alpha value is -1.61. The molecule has 0 atom stereocenters. The fraction of sp³-hybridized carbons (Fsp3) is 0.111. The zero-order valence-electron chi connectivity index (χ0n) is 8.96. The van der Waals surface area contributed by atoms with Crippen molar-refractivity contribution in [3.8, 4) is 5.69 Å². The average Bonchev–Trinajstić information content (AvgIpc) is 2.77. The minimum atomic E-state index is -4.54. The third kappa shape index (κ3) is 3.04. The SMILES string of the molecule is O=S(=O)(Cl)c1cnn(-c2cncc(C(F)(F)F)c2)c1. The first kappa shape index (κ1) is 13.8. The van der Waals surface area contributed by atoms with Crippen LogP contribution in [0.15, 0.2) is 35.7 Å². The van der Waals surface area contributed by atoms with Gasteiger partial charge in [0, 0.05) is 16.9 Å². The van der Waals surface area contributed by atoms with Gasteiger partial charge in [-0.1, -0.05) is 0 Å². The van der Waals surface area contributed by atoms with E-state index in [0.29, 0.717) is 6.20 Å². The Morgan fingerprint density at radius 1 is 1.21 bits per heavy atom. The van der Waals surface area contributed by atoms with Gasteiger partial charge in [0.25, 0.3) is 9.05 Å². The number of aromatic nitrogens is 3. The van der Waals surface area contributed by atoms with E-state index in [-0.39, 0.29) is 10.6 Å². The van der Waals surface area contributed by atoms with Crippen LogP contribution in [0.4, 0.5) is 13.2 Å². The van der Waals surface area contributed by atoms with Crippen molar-refractivity contribution >= 4 is 19.7 Å². The minimum Gasteiger partial charge on any atom is -0.262 e. The van der Waals surface area contributed by atoms with Crippen molar-refractivity contribution in [2.24, 2.45) is 0 Å². The molecule has 0 fully saturated rings. The summed E-state index contributed by atoms with van der Waals surface area (Å²) >= 11 is 0. The lowest BCUT2D eigenvalue weighted by molar-refractivity contribution is -0.137. The van der Waals surface area contributed by atoms with Crippen LogP contribution in [0.3, 0.4) is 0 Å². The number of halogens is 4. The van der Waals surface area contributed by atoms with Crippen LogP contribution < -0.4 is 0 Å². The molecule has 2 heterocycles. The van der Waals surface area contributed by atoms with E-state index in [1.807, 2.05) is 0 Å². The highest BCUT2D eigenvalue weighted by Crippen LogP contribution is 2.29. The summed E-state index contributed by atoms with van der Waals surface area (Å²) in [6, 6.07) is 0.796. The lowest BCUT2D eigenvalue weighted by Crippen LogP contribution is -2.07. The van der Waals surface area contributed by atoms with Gasteiger partial charge in [-0.25, -0.2) is 13.1 Å². The van der Waals surface area contributed by atoms with Crippen molar-refractivity contribution in [2.75, 3.05) is 0 Å². The number of alkyl halides is 3. The number of hydrogen-bond acceptors (Lipinski definition) is 4. The highest BCUT2D eigenvalue weighted by atomic mass is 35.7. The van der Waals surface area contributed by atoms with Crippen molar-refractivity contribution in [1.82, 2.24) is 14.8 Å². The Bertz CT molecular complexity index is 711. The van der Waals surface area contributed by atoms with Crippen molar-refractivity contribution in [1.29, 1.82) is 0 Å². The zero-order valence-corrected chi connectivity index (χ0v) is 10.5. The lowest BCUT2D eigenvalue weighted by atomic mass is 10.2. The molecule has 0 radical (unpaired) electrons. The third-order valence-electron chi connectivity index (χ3n) is 2.16. The molecule has 19 heavy (non-hydrogen) atoms. The quantitative estimate of drug-likeness (QED) is 0.798. The molecule has 0 aromatic carbocycles. The Labute approximate surface area is 110 Å². The van der Waals surface area contributed by atoms with Crippen LogP contribution in [0.25, 0.3) is 5.69 Å². The molecule has 0 saturated carbocycles. The van der Waals surface area contributed by atoms with Gasteiger partial charge in [0.15, 0.2) is 0 Å². The van der Waals surface area contributed by atoms with E-state index in [0.717, 1.165) is 29.3 Å². The van der Waals surface area contributed by atoms with Crippen LogP contribution in [0.2, 0.25) is 0 Å². The molecule has 2 aromatic rings. The van der Waals surface area contributed by atoms with Gasteiger partial charge in [0.1, 0.15) is 4.90 Å². The largest absolute Gasteiger partial charge is 0.417 e. The van der Waals surface area contributed by atoms with Crippen LogP contribution in [0.1, 0.15) is 5.56 Å². The van der Waals surface area contributed by atoms with Gasteiger partial charge in [-0.3, -0.25) is 4.98 Å². The van der Waals surface area contributed by atoms with Crippen LogP contribution >= 0.6 is 10.7 Å². The molecule has 2 rings (SSSR count). The summed E-state index contributed by atoms with van der Waals surface area (Å²) in [6.07, 6.45) is -0.835. The molecule has 2 aromatic heterocycles. The highest BCUT2D eigenvalue weighted by molar-refractivity contribution is 8.13. The van der Waals surface area contributed by atoms with Crippen LogP contribution in [0.5, 0.6) is 0 Å². The predicted octanol–water partition coefficient (Wildman–Crippen LogP) is 2.21. The Morgan fingerprint density at radius 2 is 1.89 bits per heavy atom. The molecule has 0 aliphatic heterocycles. The molecule has 0 aliphatic rings. The van der Waals surface area contributed by atoms with Crippen molar-refractivity contribution in [2.45, 2.75) is 11.1 Å². The number of pyridine rings is 1. The number of nitrogens with zero attached hydrogens (tertiary/aromatic N) is 3. The van der Waals surface area contributed by atoms with E-state index in [1.165, 1.54) is 0 Å². The average molecular weight is 312 g/mol. The Morgan fingerprint density at radius 3 is 2.42 bits per heavy atom. The summed E-state index contributed by atoms with van der Waals surface area (Å²) in [6.45, 7) is 0. The number of hydrogen-bond donors (Lipinski definition) is 0. The van der Waals surface area contributed by atoms with Gasteiger partial charge in [-0.05, 0) is 6.07 Å². The summed E-state index contributed by atoms with van der Waals surface area (Å²) in [7, 11) is 1.10. The monoisotopic (exact) mass is 311 g/mol. The zero-order chi connectivity index (χ0) is 14.3. The molecular formula is C9H5ClF3N3O2S. The summed E-state index contributed by atoms with van der Waals surface area (Å²) in [5.41, 5.74) is -0.989. The Balaban J connectivity index is 2.46. The van der Waals surface area contributed by atoms with E-state index in [2.05, 4.69) is 10.1 Å². The first-order chi connectivity index (χ1) is 8.68. The van der Waals surface area contributed by atoms with Gasteiger partial charge in [0.2, 0.25) is 0 Å². The lowest BCUT2D eigenvalue weighted by Gasteiger charge is -2.07. The van der Waals surface area contributed by atoms with Crippen LogP contribution in [-0.2, 0) is 15.2 Å². The van der Waals surface area contributed by atoms with Gasteiger partial charge >= 0.3 is 6.18 Å². The van der Waals surface area contributed by atoms with Gasteiger partial charge in [-0.2, -0.15) is 18.3 Å². The molecule has 0 amide bonds. The maximum Gasteiger partial charge on any atom is 0.417 e. The van der Waals surface area contributed by atoms with Gasteiger partial charge in [-0.15, -0.1) is 0 Å². The molecule has 0 bridgehead atoms. The fourth-order valence-electron chi connectivity index (χ4n) is 1.28. The van der Waals surface area contributed by atoms with Crippen molar-refractivity contribution in [3.63, 3.8) is 0 Å². The summed E-state index contributed by atoms with van der Waals surface area (Å²) in [5, 5.41) is 3.62. The molecule has 0 unspecified atom stereocenters. The first-order valence-electron chi connectivity index (χ1n) is 4.70. The van der Waals surface area contributed by atoms with Gasteiger partial charge < -0.3 is 0 Å². The van der Waals surface area contributed by atoms with Crippen LogP contribution in [-0.4, -0.2) is 23.2 Å². The number of rotatable bonds is 2. The van der Waals surface area contributed by atoms with Gasteiger partial charge in [0.05, 0.1) is 29.8 Å². The second-order valence-corrected chi connectivity index (χ2v) is 6.05. The summed E-state index contributed by atoms with van der Waals surface area (Å²) in [4.78, 5) is 3.12. The van der Waals surface area contributed by atoms with Crippen molar-refractivity contribution in [3.05, 3.63) is 36.4 Å². The second-order valence-electron chi connectivity index (χ2n) is 3.49. The minimum absolute atomic E-state index is 0.0265. The van der Waals surface area contributed by atoms with E-state index in [4.69, 9.17) is 10.7 Å². The Kier molecular flexibility index (Phi) is 3.27. The smallest absolute Gasteiger partial charge is 0.262 e. The molecule has 102 valence electrons. The maximum absolute atomic E-state index is 12.5. The molecule has 0 saturated heterocycles. The molecular weight excluding hydrogens is 307 g/mol. The topological polar surface area (TPSA) is 64.8 Å².